The van der Waals surface area contributed by atoms with Crippen molar-refractivity contribution in [3.63, 3.8) is 0 Å². The van der Waals surface area contributed by atoms with Gasteiger partial charge >= 0.3 is 5.97 Å². The average Bonchev–Trinajstić information content (AvgIpc) is 2.70. The zero-order chi connectivity index (χ0) is 13.1. The van der Waals surface area contributed by atoms with Crippen LogP contribution in [-0.4, -0.2) is 34.8 Å². The molecule has 0 saturated carbocycles. The maximum absolute atomic E-state index is 12.4. The molecule has 1 heterocycles. The van der Waals surface area contributed by atoms with Gasteiger partial charge in [-0.1, -0.05) is 0 Å². The molecule has 0 unspecified atom stereocenters. The highest BCUT2D eigenvalue weighted by atomic mass is 19.1. The number of esters is 1. The van der Waals surface area contributed by atoms with Crippen molar-refractivity contribution < 1.29 is 18.7 Å². The van der Waals surface area contributed by atoms with Crippen LogP contribution < -0.4 is 0 Å². The first-order valence-corrected chi connectivity index (χ1v) is 6.05. The van der Waals surface area contributed by atoms with Gasteiger partial charge in [-0.15, -0.1) is 0 Å². The topological polar surface area (TPSA) is 61.2 Å². The van der Waals surface area contributed by atoms with Crippen LogP contribution in [-0.2, 0) is 17.7 Å². The molecule has 0 fully saturated rings. The minimum Gasteiger partial charge on any atom is -0.461 e. The molecule has 0 atom stereocenters. The van der Waals surface area contributed by atoms with E-state index in [9.17, 15) is 14.0 Å². The summed E-state index contributed by atoms with van der Waals surface area (Å²) in [5.74, 6) is -0.617. The number of ether oxygens (including phenoxy) is 1. The number of hydrogen-bond acceptors (Lipinski definition) is 4. The van der Waals surface area contributed by atoms with Crippen LogP contribution >= 0.6 is 0 Å². The molecular formula is C12H15FN2O3. The lowest BCUT2D eigenvalue weighted by Crippen LogP contribution is -2.17. The summed E-state index contributed by atoms with van der Waals surface area (Å²) < 4.78 is 18.6. The van der Waals surface area contributed by atoms with Gasteiger partial charge in [-0.05, 0) is 19.8 Å². The summed E-state index contributed by atoms with van der Waals surface area (Å²) >= 11 is 0. The van der Waals surface area contributed by atoms with Gasteiger partial charge in [-0.2, -0.15) is 5.10 Å². The van der Waals surface area contributed by atoms with Crippen molar-refractivity contribution in [3.05, 3.63) is 17.0 Å². The molecule has 0 radical (unpaired) electrons. The molecule has 0 saturated heterocycles. The Morgan fingerprint density at radius 3 is 2.94 bits per heavy atom. The molecule has 0 bridgehead atoms. The number of aryl methyl sites for hydroxylation is 1. The van der Waals surface area contributed by atoms with Crippen molar-refractivity contribution in [1.82, 2.24) is 9.78 Å². The lowest BCUT2D eigenvalue weighted by molar-refractivity contribution is 0.0517. The summed E-state index contributed by atoms with van der Waals surface area (Å²) in [4.78, 5) is 23.6. The predicted molar refractivity (Wildman–Crippen MR) is 61.4 cm³/mol. The SMILES string of the molecule is CCOC(=O)c1nn(CCF)c2c1CCCC2=O. The standard InChI is InChI=1S/C12H15FN2O3/c1-2-18-12(17)10-8-4-3-5-9(16)11(8)15(14-10)7-6-13/h2-7H2,1H3. The summed E-state index contributed by atoms with van der Waals surface area (Å²) in [6.45, 7) is 1.32. The fraction of sp³-hybridized carbons (Fsp3) is 0.583. The molecule has 6 heteroatoms. The quantitative estimate of drug-likeness (QED) is 0.765. The Bertz CT molecular complexity index is 482. The minimum atomic E-state index is -0.621. The molecular weight excluding hydrogens is 239 g/mol. The highest BCUT2D eigenvalue weighted by Gasteiger charge is 2.30. The zero-order valence-corrected chi connectivity index (χ0v) is 10.2. The third kappa shape index (κ3) is 2.14. The Labute approximate surface area is 104 Å². The molecule has 1 aliphatic carbocycles. The van der Waals surface area contributed by atoms with E-state index in [1.165, 1.54) is 4.68 Å². The largest absolute Gasteiger partial charge is 0.461 e. The van der Waals surface area contributed by atoms with Crippen molar-refractivity contribution in [1.29, 1.82) is 0 Å². The number of fused-ring (bicyclic) bond motifs is 1. The molecule has 1 aromatic heterocycles. The second-order valence-electron chi connectivity index (χ2n) is 4.09. The van der Waals surface area contributed by atoms with Crippen LogP contribution in [0.5, 0.6) is 0 Å². The summed E-state index contributed by atoms with van der Waals surface area (Å²) in [6.07, 6.45) is 1.73. The van der Waals surface area contributed by atoms with E-state index in [0.717, 1.165) is 0 Å². The van der Waals surface area contributed by atoms with Crippen molar-refractivity contribution in [2.45, 2.75) is 32.7 Å². The zero-order valence-electron chi connectivity index (χ0n) is 10.2. The van der Waals surface area contributed by atoms with Gasteiger partial charge in [0.25, 0.3) is 0 Å². The van der Waals surface area contributed by atoms with Gasteiger partial charge < -0.3 is 4.74 Å². The number of carbonyl (C=O) groups excluding carboxylic acids is 2. The molecule has 0 aliphatic heterocycles. The van der Waals surface area contributed by atoms with Crippen LogP contribution in [0.15, 0.2) is 0 Å². The first-order valence-electron chi connectivity index (χ1n) is 6.05. The first-order chi connectivity index (χ1) is 8.69. The number of aromatic nitrogens is 2. The van der Waals surface area contributed by atoms with E-state index in [2.05, 4.69) is 5.10 Å². The smallest absolute Gasteiger partial charge is 0.359 e. The number of rotatable bonds is 4. The van der Waals surface area contributed by atoms with Crippen LogP contribution in [0, 0.1) is 0 Å². The summed E-state index contributed by atoms with van der Waals surface area (Å²) in [7, 11) is 0. The molecule has 1 aliphatic rings. The molecule has 5 nitrogen and oxygen atoms in total. The third-order valence-corrected chi connectivity index (χ3v) is 2.91. The second kappa shape index (κ2) is 5.29. The molecule has 0 spiro atoms. The van der Waals surface area contributed by atoms with Gasteiger partial charge in [0, 0.05) is 12.0 Å². The number of alkyl halides is 1. The Balaban J connectivity index is 2.45. The van der Waals surface area contributed by atoms with Gasteiger partial charge in [0.05, 0.1) is 13.2 Å². The first kappa shape index (κ1) is 12.7. The van der Waals surface area contributed by atoms with Crippen LogP contribution in [0.1, 0.15) is 46.3 Å². The van der Waals surface area contributed by atoms with E-state index in [1.54, 1.807) is 6.92 Å². The molecule has 0 amide bonds. The maximum atomic E-state index is 12.4. The average molecular weight is 254 g/mol. The van der Waals surface area contributed by atoms with E-state index in [0.29, 0.717) is 30.5 Å². The highest BCUT2D eigenvalue weighted by Crippen LogP contribution is 2.25. The summed E-state index contributed by atoms with van der Waals surface area (Å²) in [6, 6.07) is 0. The molecule has 0 N–H and O–H groups in total. The monoisotopic (exact) mass is 254 g/mol. The summed E-state index contributed by atoms with van der Waals surface area (Å²) in [5.41, 5.74) is 1.15. The molecule has 2 rings (SSSR count). The lowest BCUT2D eigenvalue weighted by Gasteiger charge is -2.12. The number of nitrogens with zero attached hydrogens (tertiary/aromatic N) is 2. The molecule has 18 heavy (non-hydrogen) atoms. The third-order valence-electron chi connectivity index (χ3n) is 2.91. The second-order valence-corrected chi connectivity index (χ2v) is 4.09. The van der Waals surface area contributed by atoms with Crippen molar-refractivity contribution in [2.75, 3.05) is 13.3 Å². The van der Waals surface area contributed by atoms with E-state index in [1.807, 2.05) is 0 Å². The summed E-state index contributed by atoms with van der Waals surface area (Å²) in [5, 5.41) is 4.03. The number of carbonyl (C=O) groups is 2. The Morgan fingerprint density at radius 2 is 2.28 bits per heavy atom. The number of ketones is 1. The molecule has 0 aromatic carbocycles. The lowest BCUT2D eigenvalue weighted by atomic mass is 9.94. The normalized spacial score (nSPS) is 14.4. The van der Waals surface area contributed by atoms with Crippen molar-refractivity contribution in [3.8, 4) is 0 Å². The molecule has 1 aromatic rings. The van der Waals surface area contributed by atoms with Gasteiger partial charge in [0.15, 0.2) is 11.5 Å². The number of halogens is 1. The maximum Gasteiger partial charge on any atom is 0.359 e. The van der Waals surface area contributed by atoms with Gasteiger partial charge in [-0.25, -0.2) is 9.18 Å². The van der Waals surface area contributed by atoms with Gasteiger partial charge in [-0.3, -0.25) is 9.48 Å². The van der Waals surface area contributed by atoms with E-state index >= 15 is 0 Å². The van der Waals surface area contributed by atoms with E-state index in [4.69, 9.17) is 4.74 Å². The predicted octanol–water partition coefficient (Wildman–Crippen LogP) is 1.55. The minimum absolute atomic E-state index is 0.00647. The van der Waals surface area contributed by atoms with Crippen LogP contribution in [0.25, 0.3) is 0 Å². The highest BCUT2D eigenvalue weighted by molar-refractivity contribution is 6.00. The van der Waals surface area contributed by atoms with Crippen LogP contribution in [0.2, 0.25) is 0 Å². The van der Waals surface area contributed by atoms with Crippen LogP contribution in [0.3, 0.4) is 0 Å². The fourth-order valence-corrected chi connectivity index (χ4v) is 2.20. The van der Waals surface area contributed by atoms with Crippen molar-refractivity contribution >= 4 is 11.8 Å². The van der Waals surface area contributed by atoms with E-state index in [-0.39, 0.29) is 24.6 Å². The van der Waals surface area contributed by atoms with Gasteiger partial charge in [0.2, 0.25) is 0 Å². The number of Topliss-reactive ketones (excluding diaryl/α,β-unsaturated/α-hetero) is 1. The Hall–Kier alpha value is -1.72. The fourth-order valence-electron chi connectivity index (χ4n) is 2.20. The van der Waals surface area contributed by atoms with Crippen LogP contribution in [0.4, 0.5) is 4.39 Å². The number of hydrogen-bond donors (Lipinski definition) is 0. The van der Waals surface area contributed by atoms with Gasteiger partial charge in [0.1, 0.15) is 12.4 Å². The Morgan fingerprint density at radius 1 is 1.50 bits per heavy atom. The Kier molecular flexibility index (Phi) is 3.74. The molecule has 98 valence electrons. The van der Waals surface area contributed by atoms with Crippen molar-refractivity contribution in [2.24, 2.45) is 0 Å². The van der Waals surface area contributed by atoms with E-state index < -0.39 is 12.6 Å².